The quantitative estimate of drug-likeness (QED) is 0.865. The van der Waals surface area contributed by atoms with Crippen LogP contribution in [0.5, 0.6) is 0 Å². The molecule has 20 heavy (non-hydrogen) atoms. The normalized spacial score (nSPS) is 20.9. The lowest BCUT2D eigenvalue weighted by Crippen LogP contribution is -2.51. The van der Waals surface area contributed by atoms with Gasteiger partial charge in [-0.3, -0.25) is 4.79 Å². The molecular formula is C15H20N2O3. The van der Waals surface area contributed by atoms with E-state index in [1.165, 1.54) is 4.90 Å². The second-order valence-corrected chi connectivity index (χ2v) is 5.11. The fourth-order valence-electron chi connectivity index (χ4n) is 2.51. The van der Waals surface area contributed by atoms with Gasteiger partial charge in [0, 0.05) is 25.0 Å². The summed E-state index contributed by atoms with van der Waals surface area (Å²) in [5, 5.41) is 12.1. The zero-order chi connectivity index (χ0) is 14.5. The number of carboxylic acid groups (broad SMARTS) is 1. The molecule has 0 aromatic heterocycles. The molecule has 1 saturated carbocycles. The SMILES string of the molecule is CCNC(=O)C1CC(N(Cc2ccccc2)C(=O)O)C1. The maximum atomic E-state index is 11.6. The van der Waals surface area contributed by atoms with E-state index in [1.807, 2.05) is 37.3 Å². The minimum atomic E-state index is -0.923. The minimum absolute atomic E-state index is 0.0359. The second-order valence-electron chi connectivity index (χ2n) is 5.11. The van der Waals surface area contributed by atoms with Crippen LogP contribution < -0.4 is 5.32 Å². The van der Waals surface area contributed by atoms with E-state index in [1.54, 1.807) is 0 Å². The van der Waals surface area contributed by atoms with Gasteiger partial charge in [0.15, 0.2) is 0 Å². The number of hydrogen-bond acceptors (Lipinski definition) is 2. The van der Waals surface area contributed by atoms with Crippen LogP contribution in [-0.4, -0.2) is 34.6 Å². The van der Waals surface area contributed by atoms with Crippen LogP contribution >= 0.6 is 0 Å². The van der Waals surface area contributed by atoms with Crippen molar-refractivity contribution in [3.63, 3.8) is 0 Å². The van der Waals surface area contributed by atoms with Crippen molar-refractivity contribution in [3.05, 3.63) is 35.9 Å². The lowest BCUT2D eigenvalue weighted by atomic mass is 9.78. The number of carbonyl (C=O) groups excluding carboxylic acids is 1. The van der Waals surface area contributed by atoms with Gasteiger partial charge in [0.1, 0.15) is 0 Å². The molecule has 2 amide bonds. The van der Waals surface area contributed by atoms with E-state index in [-0.39, 0.29) is 17.9 Å². The monoisotopic (exact) mass is 276 g/mol. The van der Waals surface area contributed by atoms with Crippen LogP contribution in [0.4, 0.5) is 4.79 Å². The van der Waals surface area contributed by atoms with Gasteiger partial charge < -0.3 is 15.3 Å². The molecule has 0 atom stereocenters. The highest BCUT2D eigenvalue weighted by molar-refractivity contribution is 5.80. The molecule has 1 aliphatic carbocycles. The third-order valence-corrected chi connectivity index (χ3v) is 3.72. The van der Waals surface area contributed by atoms with E-state index >= 15 is 0 Å². The zero-order valence-electron chi connectivity index (χ0n) is 11.6. The molecule has 0 aliphatic heterocycles. The Kier molecular flexibility index (Phi) is 4.61. The first-order chi connectivity index (χ1) is 9.61. The average molecular weight is 276 g/mol. The van der Waals surface area contributed by atoms with E-state index < -0.39 is 6.09 Å². The van der Waals surface area contributed by atoms with Gasteiger partial charge in [-0.2, -0.15) is 0 Å². The Labute approximate surface area is 118 Å². The van der Waals surface area contributed by atoms with Crippen LogP contribution in [0.1, 0.15) is 25.3 Å². The maximum absolute atomic E-state index is 11.6. The van der Waals surface area contributed by atoms with Gasteiger partial charge in [-0.05, 0) is 25.3 Å². The molecule has 0 spiro atoms. The molecule has 0 radical (unpaired) electrons. The summed E-state index contributed by atoms with van der Waals surface area (Å²) >= 11 is 0. The molecule has 0 bridgehead atoms. The van der Waals surface area contributed by atoms with E-state index in [0.29, 0.717) is 25.9 Å². The molecule has 5 heteroatoms. The van der Waals surface area contributed by atoms with Crippen LogP contribution in [0.25, 0.3) is 0 Å². The van der Waals surface area contributed by atoms with Crippen molar-refractivity contribution < 1.29 is 14.7 Å². The van der Waals surface area contributed by atoms with Crippen LogP contribution in [0.3, 0.4) is 0 Å². The molecule has 0 saturated heterocycles. The fourth-order valence-corrected chi connectivity index (χ4v) is 2.51. The van der Waals surface area contributed by atoms with Gasteiger partial charge in [0.2, 0.25) is 5.91 Å². The van der Waals surface area contributed by atoms with E-state index in [0.717, 1.165) is 5.56 Å². The zero-order valence-corrected chi connectivity index (χ0v) is 11.6. The third-order valence-electron chi connectivity index (χ3n) is 3.72. The summed E-state index contributed by atoms with van der Waals surface area (Å²) in [4.78, 5) is 24.4. The first kappa shape index (κ1) is 14.4. The van der Waals surface area contributed by atoms with Gasteiger partial charge >= 0.3 is 6.09 Å². The standard InChI is InChI=1S/C15H20N2O3/c1-2-16-14(18)12-8-13(9-12)17(15(19)20)10-11-6-4-3-5-7-11/h3-7,12-13H,2,8-10H2,1H3,(H,16,18)(H,19,20). The molecule has 108 valence electrons. The van der Waals surface area contributed by atoms with Gasteiger partial charge in [0.05, 0.1) is 0 Å². The Morgan fingerprint density at radius 3 is 2.50 bits per heavy atom. The lowest BCUT2D eigenvalue weighted by Gasteiger charge is -2.40. The highest BCUT2D eigenvalue weighted by atomic mass is 16.4. The smallest absolute Gasteiger partial charge is 0.407 e. The molecular weight excluding hydrogens is 256 g/mol. The molecule has 5 nitrogen and oxygen atoms in total. The largest absolute Gasteiger partial charge is 0.465 e. The highest BCUT2D eigenvalue weighted by Crippen LogP contribution is 2.32. The summed E-state index contributed by atoms with van der Waals surface area (Å²) in [5.41, 5.74) is 0.969. The molecule has 0 heterocycles. The number of hydrogen-bond donors (Lipinski definition) is 2. The van der Waals surface area contributed by atoms with Crippen molar-refractivity contribution in [2.75, 3.05) is 6.54 Å². The number of rotatable bonds is 5. The predicted molar refractivity (Wildman–Crippen MR) is 75.2 cm³/mol. The average Bonchev–Trinajstić information content (AvgIpc) is 2.37. The number of nitrogens with one attached hydrogen (secondary N) is 1. The van der Waals surface area contributed by atoms with E-state index in [9.17, 15) is 14.7 Å². The first-order valence-electron chi connectivity index (χ1n) is 6.93. The van der Waals surface area contributed by atoms with Crippen molar-refractivity contribution in [2.45, 2.75) is 32.4 Å². The van der Waals surface area contributed by atoms with E-state index in [2.05, 4.69) is 5.32 Å². The third kappa shape index (κ3) is 3.29. The summed E-state index contributed by atoms with van der Waals surface area (Å²) in [6, 6.07) is 9.47. The predicted octanol–water partition coefficient (Wildman–Crippen LogP) is 2.08. The summed E-state index contributed by atoms with van der Waals surface area (Å²) in [7, 11) is 0. The molecule has 1 aliphatic rings. The second kappa shape index (κ2) is 6.41. The number of benzene rings is 1. The minimum Gasteiger partial charge on any atom is -0.465 e. The van der Waals surface area contributed by atoms with Crippen molar-refractivity contribution in [1.29, 1.82) is 0 Å². The molecule has 2 rings (SSSR count). The van der Waals surface area contributed by atoms with Crippen LogP contribution in [0.2, 0.25) is 0 Å². The van der Waals surface area contributed by atoms with Gasteiger partial charge in [-0.25, -0.2) is 4.79 Å². The van der Waals surface area contributed by atoms with Crippen molar-refractivity contribution in [2.24, 2.45) is 5.92 Å². The van der Waals surface area contributed by atoms with Crippen molar-refractivity contribution >= 4 is 12.0 Å². The van der Waals surface area contributed by atoms with Gasteiger partial charge in [0.25, 0.3) is 0 Å². The Morgan fingerprint density at radius 2 is 1.95 bits per heavy atom. The van der Waals surface area contributed by atoms with Crippen molar-refractivity contribution in [1.82, 2.24) is 10.2 Å². The van der Waals surface area contributed by atoms with Crippen LogP contribution in [0.15, 0.2) is 30.3 Å². The summed E-state index contributed by atoms with van der Waals surface area (Å²) < 4.78 is 0. The fraction of sp³-hybridized carbons (Fsp3) is 0.467. The molecule has 2 N–H and O–H groups in total. The summed E-state index contributed by atoms with van der Waals surface area (Å²) in [5.74, 6) is -0.00799. The molecule has 0 unspecified atom stereocenters. The molecule has 1 aromatic carbocycles. The summed E-state index contributed by atoms with van der Waals surface area (Å²) in [6.45, 7) is 2.88. The van der Waals surface area contributed by atoms with E-state index in [4.69, 9.17) is 0 Å². The lowest BCUT2D eigenvalue weighted by molar-refractivity contribution is -0.129. The van der Waals surface area contributed by atoms with Crippen LogP contribution in [-0.2, 0) is 11.3 Å². The molecule has 1 aromatic rings. The number of carbonyl (C=O) groups is 2. The Hall–Kier alpha value is -2.04. The topological polar surface area (TPSA) is 69.6 Å². The Morgan fingerprint density at radius 1 is 1.30 bits per heavy atom. The Balaban J connectivity index is 1.92. The number of nitrogens with zero attached hydrogens (tertiary/aromatic N) is 1. The molecule has 1 fully saturated rings. The van der Waals surface area contributed by atoms with Gasteiger partial charge in [-0.15, -0.1) is 0 Å². The maximum Gasteiger partial charge on any atom is 0.407 e. The van der Waals surface area contributed by atoms with Gasteiger partial charge in [-0.1, -0.05) is 30.3 Å². The summed E-state index contributed by atoms with van der Waals surface area (Å²) in [6.07, 6.45) is 0.309. The van der Waals surface area contributed by atoms with Crippen molar-refractivity contribution in [3.8, 4) is 0 Å². The highest BCUT2D eigenvalue weighted by Gasteiger charge is 2.39. The van der Waals surface area contributed by atoms with Crippen LogP contribution in [0, 0.1) is 5.92 Å². The first-order valence-corrected chi connectivity index (χ1v) is 6.93. The Bertz CT molecular complexity index is 469. The number of amides is 2.